The van der Waals surface area contributed by atoms with Crippen molar-refractivity contribution in [2.24, 2.45) is 5.92 Å². The van der Waals surface area contributed by atoms with E-state index in [9.17, 15) is 9.59 Å². The molecule has 0 spiro atoms. The van der Waals surface area contributed by atoms with Gasteiger partial charge in [-0.3, -0.25) is 14.9 Å². The smallest absolute Gasteiger partial charge is 0.267 e. The van der Waals surface area contributed by atoms with Crippen LogP contribution in [0.15, 0.2) is 12.3 Å². The number of thiophene rings is 1. The number of aromatic nitrogens is 1. The van der Waals surface area contributed by atoms with Gasteiger partial charge in [-0.1, -0.05) is 11.3 Å². The molecule has 2 amide bonds. The van der Waals surface area contributed by atoms with Gasteiger partial charge in [0.25, 0.3) is 5.91 Å². The minimum absolute atomic E-state index is 0.0202. The van der Waals surface area contributed by atoms with Crippen molar-refractivity contribution in [3.8, 4) is 6.07 Å². The lowest BCUT2D eigenvalue weighted by molar-refractivity contribution is -0.117. The molecule has 1 aliphatic rings. The van der Waals surface area contributed by atoms with Gasteiger partial charge >= 0.3 is 0 Å². The van der Waals surface area contributed by atoms with Crippen molar-refractivity contribution in [3.63, 3.8) is 0 Å². The molecule has 2 N–H and O–H groups in total. The van der Waals surface area contributed by atoms with E-state index < -0.39 is 0 Å². The molecule has 0 aliphatic heterocycles. The Hall–Kier alpha value is -2.24. The van der Waals surface area contributed by atoms with Crippen molar-refractivity contribution >= 4 is 44.6 Å². The molecule has 1 saturated carbocycles. The van der Waals surface area contributed by atoms with Crippen LogP contribution in [-0.2, 0) is 4.79 Å². The summed E-state index contributed by atoms with van der Waals surface area (Å²) >= 11 is 2.36. The fourth-order valence-electron chi connectivity index (χ4n) is 1.88. The van der Waals surface area contributed by atoms with Crippen LogP contribution in [-0.4, -0.2) is 16.8 Å². The number of hydrogen-bond donors (Lipinski definition) is 2. The summed E-state index contributed by atoms with van der Waals surface area (Å²) in [5.41, 5.74) is 0.797. The number of nitrogens with zero attached hydrogens (tertiary/aromatic N) is 2. The van der Waals surface area contributed by atoms with Gasteiger partial charge in [0.15, 0.2) is 5.13 Å². The van der Waals surface area contributed by atoms with E-state index in [1.807, 2.05) is 13.0 Å². The maximum Gasteiger partial charge on any atom is 0.267 e. The number of thiazole rings is 1. The van der Waals surface area contributed by atoms with Crippen LogP contribution in [0.1, 0.15) is 33.0 Å². The van der Waals surface area contributed by atoms with Gasteiger partial charge in [-0.25, -0.2) is 4.98 Å². The molecule has 22 heavy (non-hydrogen) atoms. The summed E-state index contributed by atoms with van der Waals surface area (Å²) in [6.07, 6.45) is 3.30. The Bertz CT molecular complexity index is 783. The first-order valence-electron chi connectivity index (χ1n) is 6.65. The molecule has 0 unspecified atom stereocenters. The van der Waals surface area contributed by atoms with E-state index >= 15 is 0 Å². The summed E-state index contributed by atoms with van der Waals surface area (Å²) < 4.78 is 0. The van der Waals surface area contributed by atoms with E-state index in [1.165, 1.54) is 17.5 Å². The van der Waals surface area contributed by atoms with Crippen molar-refractivity contribution < 1.29 is 9.59 Å². The maximum atomic E-state index is 12.2. The fraction of sp³-hybridized carbons (Fsp3) is 0.286. The highest BCUT2D eigenvalue weighted by molar-refractivity contribution is 7.19. The normalized spacial score (nSPS) is 13.5. The summed E-state index contributed by atoms with van der Waals surface area (Å²) in [5, 5.41) is 15.3. The number of anilines is 2. The van der Waals surface area contributed by atoms with Crippen LogP contribution in [0.4, 0.5) is 10.1 Å². The summed E-state index contributed by atoms with van der Waals surface area (Å²) in [7, 11) is 0. The Morgan fingerprint density at radius 1 is 1.36 bits per heavy atom. The van der Waals surface area contributed by atoms with Gasteiger partial charge in [0.2, 0.25) is 5.91 Å². The highest BCUT2D eigenvalue weighted by atomic mass is 32.1. The third-order valence-electron chi connectivity index (χ3n) is 3.15. The zero-order valence-electron chi connectivity index (χ0n) is 11.7. The molecule has 1 aliphatic carbocycles. The van der Waals surface area contributed by atoms with Crippen molar-refractivity contribution in [2.75, 3.05) is 10.6 Å². The zero-order chi connectivity index (χ0) is 15.7. The monoisotopic (exact) mass is 332 g/mol. The highest BCUT2D eigenvalue weighted by Crippen LogP contribution is 2.33. The van der Waals surface area contributed by atoms with Crippen LogP contribution in [0.25, 0.3) is 0 Å². The van der Waals surface area contributed by atoms with Crippen molar-refractivity contribution in [1.29, 1.82) is 5.26 Å². The molecule has 8 heteroatoms. The van der Waals surface area contributed by atoms with Gasteiger partial charge in [-0.2, -0.15) is 5.26 Å². The molecule has 2 heterocycles. The fourth-order valence-corrected chi connectivity index (χ4v) is 3.45. The predicted octanol–water partition coefficient (Wildman–Crippen LogP) is 2.99. The van der Waals surface area contributed by atoms with Crippen LogP contribution in [0.5, 0.6) is 0 Å². The van der Waals surface area contributed by atoms with E-state index in [1.54, 1.807) is 6.07 Å². The molecule has 6 nitrogen and oxygen atoms in total. The van der Waals surface area contributed by atoms with Gasteiger partial charge in [0, 0.05) is 5.92 Å². The number of aryl methyl sites for hydroxylation is 1. The average molecular weight is 332 g/mol. The van der Waals surface area contributed by atoms with Gasteiger partial charge in [-0.05, 0) is 31.4 Å². The molecule has 0 saturated heterocycles. The Labute approximate surface area is 134 Å². The lowest BCUT2D eigenvalue weighted by Crippen LogP contribution is -2.12. The first-order chi connectivity index (χ1) is 10.6. The van der Waals surface area contributed by atoms with Gasteiger partial charge < -0.3 is 5.32 Å². The van der Waals surface area contributed by atoms with Crippen molar-refractivity contribution in [2.45, 2.75) is 19.8 Å². The predicted molar refractivity (Wildman–Crippen MR) is 85.2 cm³/mol. The third-order valence-corrected chi connectivity index (χ3v) is 5.12. The van der Waals surface area contributed by atoms with Crippen molar-refractivity contribution in [1.82, 2.24) is 4.98 Å². The van der Waals surface area contributed by atoms with Crippen LogP contribution in [0.2, 0.25) is 0 Å². The van der Waals surface area contributed by atoms with Crippen LogP contribution in [0, 0.1) is 24.2 Å². The van der Waals surface area contributed by atoms with E-state index in [0.29, 0.717) is 19.9 Å². The standard InChI is InChI=1S/C14H12N4O2S2/c1-7-4-10(17-12(19)8-2-3-8)22-11(7)13(20)18-14-16-6-9(5-15)21-14/h4,6,8H,2-3H2,1H3,(H,17,19)(H,16,18,20). The second kappa shape index (κ2) is 5.87. The van der Waals surface area contributed by atoms with E-state index in [4.69, 9.17) is 5.26 Å². The molecule has 112 valence electrons. The maximum absolute atomic E-state index is 12.2. The number of nitriles is 1. The number of carbonyl (C=O) groups is 2. The second-order valence-electron chi connectivity index (χ2n) is 4.98. The Kier molecular flexibility index (Phi) is 3.92. The van der Waals surface area contributed by atoms with Crippen molar-refractivity contribution in [3.05, 3.63) is 27.6 Å². The van der Waals surface area contributed by atoms with Gasteiger partial charge in [-0.15, -0.1) is 11.3 Å². The summed E-state index contributed by atoms with van der Waals surface area (Å²) in [5.74, 6) is -0.139. The highest BCUT2D eigenvalue weighted by Gasteiger charge is 2.30. The number of carbonyl (C=O) groups excluding carboxylic acids is 2. The molecule has 1 fully saturated rings. The zero-order valence-corrected chi connectivity index (χ0v) is 13.3. The number of hydrogen-bond acceptors (Lipinski definition) is 6. The lowest BCUT2D eigenvalue weighted by Gasteiger charge is -2.00. The van der Waals surface area contributed by atoms with E-state index in [0.717, 1.165) is 29.7 Å². The number of amides is 2. The molecule has 0 radical (unpaired) electrons. The van der Waals surface area contributed by atoms with Crippen LogP contribution < -0.4 is 10.6 Å². The minimum Gasteiger partial charge on any atom is -0.317 e. The van der Waals surface area contributed by atoms with E-state index in [2.05, 4.69) is 15.6 Å². The Balaban J connectivity index is 1.70. The Morgan fingerprint density at radius 3 is 2.77 bits per heavy atom. The molecule has 2 aromatic rings. The lowest BCUT2D eigenvalue weighted by atomic mass is 10.3. The summed E-state index contributed by atoms with van der Waals surface area (Å²) in [6, 6.07) is 3.77. The molecule has 2 aromatic heterocycles. The average Bonchev–Trinajstić information content (AvgIpc) is 3.14. The molecular formula is C14H12N4O2S2. The van der Waals surface area contributed by atoms with Crippen LogP contribution >= 0.6 is 22.7 Å². The van der Waals surface area contributed by atoms with Gasteiger partial charge in [0.05, 0.1) is 16.1 Å². The quantitative estimate of drug-likeness (QED) is 0.900. The SMILES string of the molecule is Cc1cc(NC(=O)C2CC2)sc1C(=O)Nc1ncc(C#N)s1. The Morgan fingerprint density at radius 2 is 2.14 bits per heavy atom. The third kappa shape index (κ3) is 3.16. The first-order valence-corrected chi connectivity index (χ1v) is 8.28. The topological polar surface area (TPSA) is 94.9 Å². The minimum atomic E-state index is -0.284. The second-order valence-corrected chi connectivity index (χ2v) is 7.06. The molecule has 3 rings (SSSR count). The summed E-state index contributed by atoms with van der Waals surface area (Å²) in [6.45, 7) is 1.82. The largest absolute Gasteiger partial charge is 0.317 e. The van der Waals surface area contributed by atoms with Crippen LogP contribution in [0.3, 0.4) is 0 Å². The van der Waals surface area contributed by atoms with E-state index in [-0.39, 0.29) is 17.7 Å². The molecule has 0 atom stereocenters. The molecular weight excluding hydrogens is 320 g/mol. The van der Waals surface area contributed by atoms with Gasteiger partial charge in [0.1, 0.15) is 10.9 Å². The first kappa shape index (κ1) is 14.7. The summed E-state index contributed by atoms with van der Waals surface area (Å²) in [4.78, 5) is 28.9. The number of rotatable bonds is 4. The molecule has 0 bridgehead atoms. The molecule has 0 aromatic carbocycles. The number of nitrogens with one attached hydrogen (secondary N) is 2.